The molecule has 1 unspecified atom stereocenters. The molecule has 116 valence electrons. The second-order valence-electron chi connectivity index (χ2n) is 6.27. The van der Waals surface area contributed by atoms with E-state index in [0.29, 0.717) is 6.54 Å². The smallest absolute Gasteiger partial charge is 0.244 e. The number of likely N-dealkylation sites (N-methyl/N-ethyl adjacent to an activating group) is 2. The number of nitrogens with zero attached hydrogens (tertiary/aromatic N) is 2. The average molecular weight is 294 g/mol. The SMILES string of the molecule is CN(CC1(CO)CC1)C(=O)C(c1ccc(F)cc1)N(C)C. The van der Waals surface area contributed by atoms with Gasteiger partial charge in [-0.2, -0.15) is 0 Å². The van der Waals surface area contributed by atoms with Crippen molar-refractivity contribution in [2.75, 3.05) is 34.3 Å². The van der Waals surface area contributed by atoms with Crippen LogP contribution in [-0.2, 0) is 4.79 Å². The fraction of sp³-hybridized carbons (Fsp3) is 0.562. The van der Waals surface area contributed by atoms with E-state index in [2.05, 4.69) is 0 Å². The first-order valence-electron chi connectivity index (χ1n) is 7.16. The monoisotopic (exact) mass is 294 g/mol. The van der Waals surface area contributed by atoms with Crippen molar-refractivity contribution in [2.45, 2.75) is 18.9 Å². The molecule has 1 fully saturated rings. The van der Waals surface area contributed by atoms with Gasteiger partial charge in [0.25, 0.3) is 0 Å². The van der Waals surface area contributed by atoms with Gasteiger partial charge in [0, 0.05) is 19.0 Å². The summed E-state index contributed by atoms with van der Waals surface area (Å²) in [5.74, 6) is -0.347. The lowest BCUT2D eigenvalue weighted by atomic mass is 10.0. The third kappa shape index (κ3) is 3.60. The zero-order chi connectivity index (χ0) is 15.6. The highest BCUT2D eigenvalue weighted by Crippen LogP contribution is 2.45. The molecule has 0 heterocycles. The molecule has 0 radical (unpaired) electrons. The summed E-state index contributed by atoms with van der Waals surface area (Å²) in [7, 11) is 5.43. The van der Waals surface area contributed by atoms with E-state index < -0.39 is 6.04 Å². The van der Waals surface area contributed by atoms with Gasteiger partial charge >= 0.3 is 0 Å². The molecule has 1 aliphatic carbocycles. The van der Waals surface area contributed by atoms with E-state index in [0.717, 1.165) is 18.4 Å². The quantitative estimate of drug-likeness (QED) is 0.868. The summed E-state index contributed by atoms with van der Waals surface area (Å²) in [6.07, 6.45) is 1.93. The predicted molar refractivity (Wildman–Crippen MR) is 79.2 cm³/mol. The summed E-state index contributed by atoms with van der Waals surface area (Å²) in [6.45, 7) is 0.682. The van der Waals surface area contributed by atoms with E-state index >= 15 is 0 Å². The molecular weight excluding hydrogens is 271 g/mol. The lowest BCUT2D eigenvalue weighted by molar-refractivity contribution is -0.136. The molecule has 0 aliphatic heterocycles. The van der Waals surface area contributed by atoms with Crippen LogP contribution < -0.4 is 0 Å². The first-order chi connectivity index (χ1) is 9.88. The highest BCUT2D eigenvalue weighted by molar-refractivity contribution is 5.83. The molecule has 21 heavy (non-hydrogen) atoms. The molecule has 0 saturated heterocycles. The molecule has 1 N–H and O–H groups in total. The van der Waals surface area contributed by atoms with Gasteiger partial charge in [-0.15, -0.1) is 0 Å². The van der Waals surface area contributed by atoms with Crippen LogP contribution in [0.3, 0.4) is 0 Å². The number of aliphatic hydroxyl groups excluding tert-OH is 1. The molecule has 1 saturated carbocycles. The Bertz CT molecular complexity index is 498. The van der Waals surface area contributed by atoms with E-state index in [1.807, 2.05) is 19.0 Å². The van der Waals surface area contributed by atoms with Crippen molar-refractivity contribution in [1.82, 2.24) is 9.80 Å². The molecule has 5 heteroatoms. The summed E-state index contributed by atoms with van der Waals surface area (Å²) >= 11 is 0. The number of aliphatic hydroxyl groups is 1. The number of amides is 1. The van der Waals surface area contributed by atoms with Gasteiger partial charge in [0.05, 0.1) is 6.61 Å². The Balaban J connectivity index is 2.14. The van der Waals surface area contributed by atoms with Crippen LogP contribution in [0.5, 0.6) is 0 Å². The number of carbonyl (C=O) groups is 1. The molecule has 0 spiro atoms. The van der Waals surface area contributed by atoms with E-state index in [4.69, 9.17) is 0 Å². The number of benzene rings is 1. The number of hydrogen-bond donors (Lipinski definition) is 1. The maximum Gasteiger partial charge on any atom is 0.244 e. The number of rotatable bonds is 6. The van der Waals surface area contributed by atoms with E-state index in [-0.39, 0.29) is 23.7 Å². The van der Waals surface area contributed by atoms with Gasteiger partial charge in [-0.25, -0.2) is 4.39 Å². The highest BCUT2D eigenvalue weighted by atomic mass is 19.1. The minimum Gasteiger partial charge on any atom is -0.396 e. The minimum absolute atomic E-state index is 0.0358. The Kier molecular flexibility index (Phi) is 4.64. The molecule has 1 amide bonds. The van der Waals surface area contributed by atoms with Gasteiger partial charge in [0.2, 0.25) is 5.91 Å². The van der Waals surface area contributed by atoms with Crippen molar-refractivity contribution in [2.24, 2.45) is 5.41 Å². The normalized spacial score (nSPS) is 17.6. The van der Waals surface area contributed by atoms with Crippen molar-refractivity contribution in [3.05, 3.63) is 35.6 Å². The Morgan fingerprint density at radius 3 is 2.29 bits per heavy atom. The summed E-state index contributed by atoms with van der Waals surface area (Å²) in [5.41, 5.74) is 0.663. The zero-order valence-electron chi connectivity index (χ0n) is 12.8. The van der Waals surface area contributed by atoms with Gasteiger partial charge < -0.3 is 10.0 Å². The van der Waals surface area contributed by atoms with E-state index in [1.54, 1.807) is 24.1 Å². The van der Waals surface area contributed by atoms with Crippen molar-refractivity contribution in [3.63, 3.8) is 0 Å². The van der Waals surface area contributed by atoms with Crippen LogP contribution in [0.2, 0.25) is 0 Å². The molecule has 2 rings (SSSR count). The first kappa shape index (κ1) is 15.9. The van der Waals surface area contributed by atoms with E-state index in [1.165, 1.54) is 12.1 Å². The lowest BCUT2D eigenvalue weighted by Gasteiger charge is -2.30. The van der Waals surface area contributed by atoms with Gasteiger partial charge in [0.1, 0.15) is 11.9 Å². The Morgan fingerprint density at radius 1 is 1.29 bits per heavy atom. The largest absolute Gasteiger partial charge is 0.396 e. The van der Waals surface area contributed by atoms with Gasteiger partial charge in [0.15, 0.2) is 0 Å². The van der Waals surface area contributed by atoms with Gasteiger partial charge in [-0.3, -0.25) is 9.69 Å². The Hall–Kier alpha value is -1.46. The summed E-state index contributed by atoms with van der Waals surface area (Å²) in [4.78, 5) is 16.2. The minimum atomic E-state index is -0.440. The van der Waals surface area contributed by atoms with E-state index in [9.17, 15) is 14.3 Å². The predicted octanol–water partition coefficient (Wildman–Crippen LogP) is 1.66. The maximum atomic E-state index is 13.1. The topological polar surface area (TPSA) is 43.8 Å². The molecule has 1 aromatic rings. The third-order valence-corrected chi connectivity index (χ3v) is 4.18. The molecule has 1 atom stereocenters. The molecular formula is C16H23FN2O2. The zero-order valence-corrected chi connectivity index (χ0v) is 12.8. The second kappa shape index (κ2) is 6.12. The van der Waals surface area contributed by atoms with Crippen LogP contribution in [0.4, 0.5) is 4.39 Å². The van der Waals surface area contributed by atoms with Crippen LogP contribution >= 0.6 is 0 Å². The fourth-order valence-electron chi connectivity index (χ4n) is 2.64. The second-order valence-corrected chi connectivity index (χ2v) is 6.27. The molecule has 0 bridgehead atoms. The van der Waals surface area contributed by atoms with Gasteiger partial charge in [-0.05, 0) is 44.6 Å². The Labute approximate surface area is 125 Å². The summed E-state index contributed by atoms with van der Waals surface area (Å²) in [5, 5.41) is 9.39. The maximum absolute atomic E-state index is 13.1. The van der Waals surface area contributed by atoms with Crippen molar-refractivity contribution in [1.29, 1.82) is 0 Å². The van der Waals surface area contributed by atoms with Crippen LogP contribution in [0.15, 0.2) is 24.3 Å². The average Bonchev–Trinajstić information content (AvgIpc) is 3.21. The lowest BCUT2D eigenvalue weighted by Crippen LogP contribution is -2.41. The Morgan fingerprint density at radius 2 is 1.86 bits per heavy atom. The first-order valence-corrected chi connectivity index (χ1v) is 7.16. The van der Waals surface area contributed by atoms with Crippen molar-refractivity contribution >= 4 is 5.91 Å². The number of carbonyl (C=O) groups excluding carboxylic acids is 1. The van der Waals surface area contributed by atoms with Gasteiger partial charge in [-0.1, -0.05) is 12.1 Å². The summed E-state index contributed by atoms with van der Waals surface area (Å²) < 4.78 is 13.1. The highest BCUT2D eigenvalue weighted by Gasteiger charge is 2.44. The third-order valence-electron chi connectivity index (χ3n) is 4.18. The number of halogens is 1. The standard InChI is InChI=1S/C16H23FN2O2/c1-18(2)14(12-4-6-13(17)7-5-12)15(21)19(3)10-16(11-20)8-9-16/h4-7,14,20H,8-11H2,1-3H3. The molecule has 4 nitrogen and oxygen atoms in total. The van der Waals surface area contributed by atoms with Crippen LogP contribution in [0, 0.1) is 11.2 Å². The van der Waals surface area contributed by atoms with Crippen LogP contribution in [0.1, 0.15) is 24.4 Å². The van der Waals surface area contributed by atoms with Crippen LogP contribution in [0.25, 0.3) is 0 Å². The molecule has 1 aromatic carbocycles. The van der Waals surface area contributed by atoms with Crippen LogP contribution in [-0.4, -0.2) is 55.1 Å². The van der Waals surface area contributed by atoms with Crippen molar-refractivity contribution < 1.29 is 14.3 Å². The summed E-state index contributed by atoms with van der Waals surface area (Å²) in [6, 6.07) is 5.59. The number of hydrogen-bond acceptors (Lipinski definition) is 3. The molecule has 0 aromatic heterocycles. The molecule has 1 aliphatic rings. The van der Waals surface area contributed by atoms with Crippen molar-refractivity contribution in [3.8, 4) is 0 Å². The fourth-order valence-corrected chi connectivity index (χ4v) is 2.64.